The minimum atomic E-state index is -1.01. The monoisotopic (exact) mass is 332 g/mol. The molecule has 0 aromatic heterocycles. The second-order valence-corrected chi connectivity index (χ2v) is 9.72. The number of aliphatic hydroxyl groups is 3. The topological polar surface area (TPSA) is 60.7 Å². The van der Waals surface area contributed by atoms with Gasteiger partial charge >= 0.3 is 0 Å². The number of fused-ring (bicyclic) bond motifs is 5. The van der Waals surface area contributed by atoms with E-state index in [1.807, 2.05) is 0 Å². The van der Waals surface area contributed by atoms with E-state index >= 15 is 0 Å². The second-order valence-electron chi connectivity index (χ2n) is 9.72. The molecule has 24 heavy (non-hydrogen) atoms. The predicted octanol–water partition coefficient (Wildman–Crippen LogP) is 2.73. The zero-order valence-electron chi connectivity index (χ0n) is 15.0. The van der Waals surface area contributed by atoms with Gasteiger partial charge in [-0.05, 0) is 80.5 Å². The summed E-state index contributed by atoms with van der Waals surface area (Å²) in [4.78, 5) is 0. The van der Waals surface area contributed by atoms with Crippen LogP contribution in [0.15, 0.2) is 0 Å². The van der Waals surface area contributed by atoms with Crippen molar-refractivity contribution in [2.45, 2.75) is 83.0 Å². The van der Waals surface area contributed by atoms with Crippen molar-refractivity contribution in [1.82, 2.24) is 0 Å². The normalized spacial score (nSPS) is 59.8. The molecule has 0 bridgehead atoms. The Morgan fingerprint density at radius 1 is 0.958 bits per heavy atom. The van der Waals surface area contributed by atoms with Crippen LogP contribution in [0.2, 0.25) is 0 Å². The Bertz CT molecular complexity index is 568. The lowest BCUT2D eigenvalue weighted by Crippen LogP contribution is -2.60. The van der Waals surface area contributed by atoms with E-state index in [1.54, 1.807) is 0 Å². The van der Waals surface area contributed by atoms with E-state index in [-0.39, 0.29) is 29.0 Å². The molecule has 0 heterocycles. The van der Waals surface area contributed by atoms with Gasteiger partial charge in [0.1, 0.15) is 5.60 Å². The maximum absolute atomic E-state index is 11.0. The number of rotatable bonds is 0. The summed E-state index contributed by atoms with van der Waals surface area (Å²) in [6.07, 6.45) is 12.4. The smallest absolute Gasteiger partial charge is 0.130 e. The molecule has 3 heteroatoms. The van der Waals surface area contributed by atoms with Gasteiger partial charge in [-0.15, -0.1) is 6.42 Å². The van der Waals surface area contributed by atoms with E-state index in [0.29, 0.717) is 24.2 Å². The van der Waals surface area contributed by atoms with Crippen molar-refractivity contribution in [3.63, 3.8) is 0 Å². The quantitative estimate of drug-likeness (QED) is 0.598. The van der Waals surface area contributed by atoms with Gasteiger partial charge in [0.05, 0.1) is 12.2 Å². The first-order valence-electron chi connectivity index (χ1n) is 9.81. The fourth-order valence-corrected chi connectivity index (χ4v) is 7.46. The van der Waals surface area contributed by atoms with Crippen LogP contribution in [0.1, 0.15) is 65.2 Å². The number of aliphatic hydroxyl groups excluding tert-OH is 2. The molecule has 3 nitrogen and oxygen atoms in total. The van der Waals surface area contributed by atoms with Gasteiger partial charge < -0.3 is 15.3 Å². The third-order valence-corrected chi connectivity index (χ3v) is 9.05. The highest BCUT2D eigenvalue weighted by molar-refractivity contribution is 5.24. The third kappa shape index (κ3) is 1.97. The molecule has 4 rings (SSSR count). The average molecular weight is 332 g/mol. The summed E-state index contributed by atoms with van der Waals surface area (Å²) in [6.45, 7) is 4.56. The Balaban J connectivity index is 1.69. The van der Waals surface area contributed by atoms with Gasteiger partial charge in [-0.3, -0.25) is 0 Å². The molecule has 3 unspecified atom stereocenters. The molecule has 4 fully saturated rings. The lowest BCUT2D eigenvalue weighted by Gasteiger charge is -2.62. The van der Waals surface area contributed by atoms with Crippen LogP contribution in [0.5, 0.6) is 0 Å². The minimum Gasteiger partial charge on any atom is -0.393 e. The average Bonchev–Trinajstić information content (AvgIpc) is 2.82. The van der Waals surface area contributed by atoms with E-state index in [9.17, 15) is 15.3 Å². The fraction of sp³-hybridized carbons (Fsp3) is 0.905. The number of hydrogen-bond acceptors (Lipinski definition) is 3. The summed E-state index contributed by atoms with van der Waals surface area (Å²) < 4.78 is 0. The number of hydrogen-bond donors (Lipinski definition) is 3. The minimum absolute atomic E-state index is 0.196. The Morgan fingerprint density at radius 2 is 1.67 bits per heavy atom. The second kappa shape index (κ2) is 5.22. The maximum Gasteiger partial charge on any atom is 0.130 e. The standard InChI is InChI=1S/C21H32O3/c1-4-21(24)10-7-16-18-15(6-9-20(16,21)3)19(2)8-5-14(22)11-13(19)12-17(18)23/h1,13-18,22-24H,5-12H2,2-3H3/t13-,14-,15?,16?,17+,18?,19+,20+,21+/m1/s1. The molecular weight excluding hydrogens is 300 g/mol. The van der Waals surface area contributed by atoms with E-state index < -0.39 is 5.60 Å². The molecule has 4 aliphatic rings. The van der Waals surface area contributed by atoms with Crippen LogP contribution in [0.4, 0.5) is 0 Å². The van der Waals surface area contributed by atoms with Crippen molar-refractivity contribution in [3.8, 4) is 12.3 Å². The molecule has 0 aromatic rings. The van der Waals surface area contributed by atoms with E-state index in [0.717, 1.165) is 44.9 Å². The zero-order chi connectivity index (χ0) is 17.3. The van der Waals surface area contributed by atoms with Gasteiger partial charge in [0.15, 0.2) is 0 Å². The van der Waals surface area contributed by atoms with Crippen molar-refractivity contribution >= 4 is 0 Å². The van der Waals surface area contributed by atoms with E-state index in [4.69, 9.17) is 6.42 Å². The van der Waals surface area contributed by atoms with Gasteiger partial charge in [-0.2, -0.15) is 0 Å². The predicted molar refractivity (Wildman–Crippen MR) is 92.9 cm³/mol. The summed E-state index contributed by atoms with van der Waals surface area (Å²) in [7, 11) is 0. The first-order valence-corrected chi connectivity index (χ1v) is 9.81. The summed E-state index contributed by atoms with van der Waals surface area (Å²) >= 11 is 0. The van der Waals surface area contributed by atoms with Gasteiger partial charge in [-0.1, -0.05) is 19.8 Å². The maximum atomic E-state index is 11.0. The van der Waals surface area contributed by atoms with Crippen molar-refractivity contribution in [2.24, 2.45) is 34.5 Å². The first-order chi connectivity index (χ1) is 11.2. The summed E-state index contributed by atoms with van der Waals surface area (Å²) in [6, 6.07) is 0. The highest BCUT2D eigenvalue weighted by Crippen LogP contribution is 2.68. The van der Waals surface area contributed by atoms with Crippen LogP contribution in [0, 0.1) is 46.8 Å². The Hall–Kier alpha value is -0.560. The van der Waals surface area contributed by atoms with Gasteiger partial charge in [0, 0.05) is 5.41 Å². The molecule has 0 spiro atoms. The highest BCUT2D eigenvalue weighted by atomic mass is 16.3. The van der Waals surface area contributed by atoms with Crippen LogP contribution in [0.3, 0.4) is 0 Å². The lowest BCUT2D eigenvalue weighted by atomic mass is 9.43. The molecule has 3 N–H and O–H groups in total. The molecular formula is C21H32O3. The first kappa shape index (κ1) is 16.9. The van der Waals surface area contributed by atoms with Crippen LogP contribution in [-0.2, 0) is 0 Å². The lowest BCUT2D eigenvalue weighted by molar-refractivity contribution is -0.183. The van der Waals surface area contributed by atoms with Crippen molar-refractivity contribution in [1.29, 1.82) is 0 Å². The SMILES string of the molecule is C#C[C@]1(O)CCC2C3C(CC[C@@]21C)[C@@]1(C)CC[C@@H](O)C[C@@H]1C[C@@H]3O. The summed E-state index contributed by atoms with van der Waals surface area (Å²) in [5.41, 5.74) is -1.05. The van der Waals surface area contributed by atoms with Crippen LogP contribution in [0.25, 0.3) is 0 Å². The van der Waals surface area contributed by atoms with Gasteiger partial charge in [0.25, 0.3) is 0 Å². The molecule has 0 radical (unpaired) electrons. The van der Waals surface area contributed by atoms with E-state index in [1.165, 1.54) is 0 Å². The van der Waals surface area contributed by atoms with Crippen molar-refractivity contribution in [3.05, 3.63) is 0 Å². The zero-order valence-corrected chi connectivity index (χ0v) is 15.0. The number of terminal acetylenes is 1. The van der Waals surface area contributed by atoms with Crippen molar-refractivity contribution in [2.75, 3.05) is 0 Å². The highest BCUT2D eigenvalue weighted by Gasteiger charge is 2.66. The van der Waals surface area contributed by atoms with Crippen LogP contribution in [-0.4, -0.2) is 33.1 Å². The fourth-order valence-electron chi connectivity index (χ4n) is 7.46. The Labute approximate surface area is 145 Å². The Morgan fingerprint density at radius 3 is 2.38 bits per heavy atom. The summed E-state index contributed by atoms with van der Waals surface area (Å²) in [5.74, 6) is 4.19. The molecule has 9 atom stereocenters. The van der Waals surface area contributed by atoms with Gasteiger partial charge in [-0.25, -0.2) is 0 Å². The molecule has 4 aliphatic carbocycles. The van der Waals surface area contributed by atoms with Crippen molar-refractivity contribution < 1.29 is 15.3 Å². The molecule has 4 saturated carbocycles. The molecule has 0 aromatic carbocycles. The molecule has 0 aliphatic heterocycles. The van der Waals surface area contributed by atoms with E-state index in [2.05, 4.69) is 19.8 Å². The molecule has 134 valence electrons. The van der Waals surface area contributed by atoms with Crippen LogP contribution >= 0.6 is 0 Å². The molecule has 0 saturated heterocycles. The molecule has 0 amide bonds. The summed E-state index contributed by atoms with van der Waals surface area (Å²) in [5, 5.41) is 32.1. The largest absolute Gasteiger partial charge is 0.393 e. The Kier molecular flexibility index (Phi) is 3.67. The van der Waals surface area contributed by atoms with Gasteiger partial charge in [0.2, 0.25) is 0 Å². The van der Waals surface area contributed by atoms with Crippen LogP contribution < -0.4 is 0 Å². The third-order valence-electron chi connectivity index (χ3n) is 9.05.